The highest BCUT2D eigenvalue weighted by atomic mass is 16.5. The summed E-state index contributed by atoms with van der Waals surface area (Å²) in [6, 6.07) is 9.78. The molecule has 0 saturated carbocycles. The summed E-state index contributed by atoms with van der Waals surface area (Å²) in [5.74, 6) is 0. The Labute approximate surface area is 109 Å². The van der Waals surface area contributed by atoms with Crippen LogP contribution in [-0.4, -0.2) is 18.4 Å². The third-order valence-corrected chi connectivity index (χ3v) is 3.04. The second-order valence-corrected chi connectivity index (χ2v) is 4.76. The number of hydrogen-bond acceptors (Lipinski definition) is 2. The van der Waals surface area contributed by atoms with Crippen molar-refractivity contribution < 1.29 is 9.53 Å². The third-order valence-electron chi connectivity index (χ3n) is 3.04. The van der Waals surface area contributed by atoms with Gasteiger partial charge in [0.1, 0.15) is 0 Å². The van der Waals surface area contributed by atoms with Gasteiger partial charge in [-0.25, -0.2) is 4.79 Å². The topological polar surface area (TPSA) is 38.7 Å². The summed E-state index contributed by atoms with van der Waals surface area (Å²) >= 11 is 0. The molecule has 0 N–H and O–H groups in total. The van der Waals surface area contributed by atoms with E-state index < -0.39 is 6.09 Å². The molecule has 98 valence electrons. The summed E-state index contributed by atoms with van der Waals surface area (Å²) in [6.45, 7) is 8.37. The molecule has 0 saturated heterocycles. The lowest BCUT2D eigenvalue weighted by Gasteiger charge is -2.25. The van der Waals surface area contributed by atoms with E-state index in [0.29, 0.717) is 6.61 Å². The van der Waals surface area contributed by atoms with Crippen molar-refractivity contribution in [2.45, 2.75) is 34.1 Å². The maximum absolute atomic E-state index is 11.6. The molecule has 0 aromatic heterocycles. The molecule has 3 heteroatoms. The van der Waals surface area contributed by atoms with E-state index in [0.717, 1.165) is 17.7 Å². The molecular formula is C15H21NO2. The number of hydrogen-bond donors (Lipinski definition) is 0. The van der Waals surface area contributed by atoms with Gasteiger partial charge in [0, 0.05) is 5.41 Å². The molecule has 0 bridgehead atoms. The van der Waals surface area contributed by atoms with Crippen LogP contribution in [0.2, 0.25) is 0 Å². The van der Waals surface area contributed by atoms with Gasteiger partial charge in [0.25, 0.3) is 0 Å². The van der Waals surface area contributed by atoms with Gasteiger partial charge in [0.05, 0.1) is 12.3 Å². The van der Waals surface area contributed by atoms with Gasteiger partial charge < -0.3 is 4.74 Å². The lowest BCUT2D eigenvalue weighted by molar-refractivity contribution is 0.163. The van der Waals surface area contributed by atoms with E-state index >= 15 is 0 Å². The van der Waals surface area contributed by atoms with Gasteiger partial charge >= 0.3 is 6.09 Å². The van der Waals surface area contributed by atoms with Crippen LogP contribution in [0.3, 0.4) is 0 Å². The molecule has 1 aromatic rings. The van der Waals surface area contributed by atoms with Crippen molar-refractivity contribution in [3.8, 4) is 0 Å². The Morgan fingerprint density at radius 1 is 1.22 bits per heavy atom. The molecule has 0 aliphatic heterocycles. The number of carbonyl (C=O) groups excluding carboxylic acids is 1. The normalized spacial score (nSPS) is 12.3. The van der Waals surface area contributed by atoms with Gasteiger partial charge in [-0.1, -0.05) is 51.1 Å². The first-order valence-corrected chi connectivity index (χ1v) is 6.32. The molecule has 0 spiro atoms. The van der Waals surface area contributed by atoms with Crippen molar-refractivity contribution in [3.63, 3.8) is 0 Å². The van der Waals surface area contributed by atoms with Crippen molar-refractivity contribution >= 4 is 11.8 Å². The van der Waals surface area contributed by atoms with Gasteiger partial charge in [-0.3, -0.25) is 0 Å². The summed E-state index contributed by atoms with van der Waals surface area (Å²) in [7, 11) is 0. The molecule has 18 heavy (non-hydrogen) atoms. The molecular weight excluding hydrogens is 226 g/mol. The molecule has 0 atom stereocenters. The van der Waals surface area contributed by atoms with Crippen LogP contribution < -0.4 is 0 Å². The van der Waals surface area contributed by atoms with Crippen LogP contribution in [0.5, 0.6) is 0 Å². The van der Waals surface area contributed by atoms with Crippen molar-refractivity contribution in [2.75, 3.05) is 6.61 Å². The molecule has 3 nitrogen and oxygen atoms in total. The van der Waals surface area contributed by atoms with Gasteiger partial charge in [-0.2, -0.15) is 4.99 Å². The SMILES string of the molecule is CCOC(=O)/N=C(\c1ccccc1)C(C)(C)CC. The monoisotopic (exact) mass is 247 g/mol. The summed E-state index contributed by atoms with van der Waals surface area (Å²) in [4.78, 5) is 15.7. The average molecular weight is 247 g/mol. The van der Waals surface area contributed by atoms with E-state index in [4.69, 9.17) is 4.74 Å². The first-order valence-electron chi connectivity index (χ1n) is 6.32. The number of aliphatic imine (C=N–C) groups is 1. The zero-order chi connectivity index (χ0) is 13.6. The number of carbonyl (C=O) groups is 1. The first-order chi connectivity index (χ1) is 8.51. The average Bonchev–Trinajstić information content (AvgIpc) is 2.37. The summed E-state index contributed by atoms with van der Waals surface area (Å²) < 4.78 is 4.91. The molecule has 0 fully saturated rings. The van der Waals surface area contributed by atoms with Crippen molar-refractivity contribution in [1.29, 1.82) is 0 Å². The van der Waals surface area contributed by atoms with Crippen molar-refractivity contribution in [1.82, 2.24) is 0 Å². The Kier molecular flexibility index (Phi) is 5.08. The van der Waals surface area contributed by atoms with Crippen LogP contribution in [0.1, 0.15) is 39.7 Å². The Morgan fingerprint density at radius 3 is 2.33 bits per heavy atom. The van der Waals surface area contributed by atoms with Crippen molar-refractivity contribution in [3.05, 3.63) is 35.9 Å². The van der Waals surface area contributed by atoms with Gasteiger partial charge in [-0.05, 0) is 18.9 Å². The Balaban J connectivity index is 3.16. The Morgan fingerprint density at radius 2 is 1.83 bits per heavy atom. The van der Waals surface area contributed by atoms with E-state index in [1.54, 1.807) is 6.92 Å². The Bertz CT molecular complexity index is 421. The fraction of sp³-hybridized carbons (Fsp3) is 0.467. The van der Waals surface area contributed by atoms with Crippen molar-refractivity contribution in [2.24, 2.45) is 10.4 Å². The number of ether oxygens (including phenoxy) is 1. The van der Waals surface area contributed by atoms with Crippen LogP contribution in [0.15, 0.2) is 35.3 Å². The molecule has 1 amide bonds. The summed E-state index contributed by atoms with van der Waals surface area (Å²) in [6.07, 6.45) is 0.387. The number of rotatable bonds is 4. The molecule has 0 aliphatic carbocycles. The maximum atomic E-state index is 11.6. The highest BCUT2D eigenvalue weighted by molar-refractivity contribution is 6.08. The lowest BCUT2D eigenvalue weighted by atomic mass is 9.81. The van der Waals surface area contributed by atoms with E-state index in [1.165, 1.54) is 0 Å². The van der Waals surface area contributed by atoms with Gasteiger partial charge in [0.2, 0.25) is 0 Å². The second kappa shape index (κ2) is 6.34. The molecule has 0 radical (unpaired) electrons. The highest BCUT2D eigenvalue weighted by Gasteiger charge is 2.25. The summed E-state index contributed by atoms with van der Waals surface area (Å²) in [5.41, 5.74) is 1.59. The first kappa shape index (κ1) is 14.4. The van der Waals surface area contributed by atoms with Crippen LogP contribution >= 0.6 is 0 Å². The van der Waals surface area contributed by atoms with E-state index in [-0.39, 0.29) is 5.41 Å². The quantitative estimate of drug-likeness (QED) is 0.752. The van der Waals surface area contributed by atoms with Crippen LogP contribution in [-0.2, 0) is 4.74 Å². The van der Waals surface area contributed by atoms with Gasteiger partial charge in [0.15, 0.2) is 0 Å². The predicted molar refractivity (Wildman–Crippen MR) is 74.1 cm³/mol. The minimum absolute atomic E-state index is 0.159. The molecule has 1 rings (SSSR count). The molecule has 1 aromatic carbocycles. The second-order valence-electron chi connectivity index (χ2n) is 4.76. The zero-order valence-corrected chi connectivity index (χ0v) is 11.6. The fourth-order valence-electron chi connectivity index (χ4n) is 1.62. The Hall–Kier alpha value is -1.64. The third kappa shape index (κ3) is 3.69. The number of amides is 1. The number of benzene rings is 1. The van der Waals surface area contributed by atoms with Gasteiger partial charge in [-0.15, -0.1) is 0 Å². The minimum Gasteiger partial charge on any atom is -0.448 e. The highest BCUT2D eigenvalue weighted by Crippen LogP contribution is 2.26. The molecule has 0 heterocycles. The van der Waals surface area contributed by atoms with E-state index in [9.17, 15) is 4.79 Å². The molecule has 0 aliphatic rings. The van der Waals surface area contributed by atoms with Crippen LogP contribution in [0.4, 0.5) is 4.79 Å². The minimum atomic E-state index is -0.516. The maximum Gasteiger partial charge on any atom is 0.433 e. The number of nitrogens with zero attached hydrogens (tertiary/aromatic N) is 1. The summed E-state index contributed by atoms with van der Waals surface area (Å²) in [5, 5.41) is 0. The smallest absolute Gasteiger partial charge is 0.433 e. The molecule has 0 unspecified atom stereocenters. The van der Waals surface area contributed by atoms with E-state index in [1.807, 2.05) is 30.3 Å². The largest absolute Gasteiger partial charge is 0.448 e. The van der Waals surface area contributed by atoms with E-state index in [2.05, 4.69) is 25.8 Å². The lowest BCUT2D eigenvalue weighted by Crippen LogP contribution is -2.25. The zero-order valence-electron chi connectivity index (χ0n) is 11.6. The van der Waals surface area contributed by atoms with Crippen LogP contribution in [0, 0.1) is 5.41 Å². The fourth-order valence-corrected chi connectivity index (χ4v) is 1.62. The standard InChI is InChI=1S/C15H21NO2/c1-5-15(3,4)13(16-14(17)18-6-2)12-10-8-7-9-11-12/h7-11H,5-6H2,1-4H3/b16-13+. The van der Waals surface area contributed by atoms with Crippen LogP contribution in [0.25, 0.3) is 0 Å². The predicted octanol–water partition coefficient (Wildman–Crippen LogP) is 4.07.